The number of hydrogen-bond acceptors (Lipinski definition) is 3. The van der Waals surface area contributed by atoms with Gasteiger partial charge in [0.2, 0.25) is 0 Å². The standard InChI is InChI=1S/C59H37ClN4/c60-47-32-48(35-62-34-47)64-55-26-25-42(31-53(55)59-54(36-63-37-56(59)64)43-16-11-27-61-33-43)40-21-23-41(24-22-40)57-49-17-7-9-19-51(49)58(52-20-10-8-18-50(52)57)46-29-44(38-12-3-1-4-13-38)28-45(30-46)39-14-5-2-6-15-39/h1-37H. The number of rotatable bonds is 7. The van der Waals surface area contributed by atoms with E-state index in [4.69, 9.17) is 16.6 Å². The molecule has 0 amide bonds. The number of aromatic nitrogens is 4. The van der Waals surface area contributed by atoms with E-state index in [9.17, 15) is 0 Å². The monoisotopic (exact) mass is 836 g/mol. The van der Waals surface area contributed by atoms with Gasteiger partial charge in [-0.2, -0.15) is 0 Å². The Kier molecular flexibility index (Phi) is 9.17. The fraction of sp³-hybridized carbons (Fsp3) is 0. The van der Waals surface area contributed by atoms with E-state index in [1.54, 1.807) is 12.4 Å². The molecule has 0 aliphatic heterocycles. The largest absolute Gasteiger partial charge is 0.306 e. The molecule has 0 aliphatic rings. The van der Waals surface area contributed by atoms with Gasteiger partial charge in [0, 0.05) is 46.7 Å². The van der Waals surface area contributed by atoms with Crippen molar-refractivity contribution in [1.29, 1.82) is 0 Å². The van der Waals surface area contributed by atoms with Gasteiger partial charge in [0.25, 0.3) is 0 Å². The van der Waals surface area contributed by atoms with Crippen LogP contribution < -0.4 is 0 Å². The van der Waals surface area contributed by atoms with Gasteiger partial charge in [-0.15, -0.1) is 0 Å². The van der Waals surface area contributed by atoms with Crippen LogP contribution in [0.4, 0.5) is 0 Å². The van der Waals surface area contributed by atoms with Gasteiger partial charge in [-0.1, -0.05) is 157 Å². The van der Waals surface area contributed by atoms with Crippen LogP contribution in [0.1, 0.15) is 0 Å². The highest BCUT2D eigenvalue weighted by Crippen LogP contribution is 2.46. The summed E-state index contributed by atoms with van der Waals surface area (Å²) in [6, 6.07) is 68.0. The first-order valence-corrected chi connectivity index (χ1v) is 21.8. The zero-order valence-corrected chi connectivity index (χ0v) is 35.3. The lowest BCUT2D eigenvalue weighted by Gasteiger charge is -2.19. The van der Waals surface area contributed by atoms with Crippen molar-refractivity contribution in [1.82, 2.24) is 19.5 Å². The van der Waals surface area contributed by atoms with Gasteiger partial charge in [0.05, 0.1) is 34.1 Å². The number of hydrogen-bond donors (Lipinski definition) is 0. The van der Waals surface area contributed by atoms with E-state index in [2.05, 4.69) is 190 Å². The third kappa shape index (κ3) is 6.43. The molecule has 0 saturated carbocycles. The smallest absolute Gasteiger partial charge is 0.0731 e. The summed E-state index contributed by atoms with van der Waals surface area (Å²) in [4.78, 5) is 13.6. The second-order valence-electron chi connectivity index (χ2n) is 16.2. The van der Waals surface area contributed by atoms with Crippen LogP contribution in [0.3, 0.4) is 0 Å². The van der Waals surface area contributed by atoms with E-state index < -0.39 is 0 Å². The lowest BCUT2D eigenvalue weighted by atomic mass is 9.84. The van der Waals surface area contributed by atoms with Crippen LogP contribution in [0.2, 0.25) is 5.02 Å². The Morgan fingerprint density at radius 2 is 0.859 bits per heavy atom. The van der Waals surface area contributed by atoms with E-state index in [-0.39, 0.29) is 0 Å². The molecule has 8 aromatic carbocycles. The van der Waals surface area contributed by atoms with Gasteiger partial charge in [0.15, 0.2) is 0 Å². The molecule has 0 radical (unpaired) electrons. The SMILES string of the molecule is Clc1cncc(-n2c3ccc(-c4ccc(-c5c6ccccc6c(-c6cc(-c7ccccc7)cc(-c7ccccc7)c6)c6ccccc56)cc4)cc3c3c(-c4cccnc4)cncc32)c1. The summed E-state index contributed by atoms with van der Waals surface area (Å²) in [6.45, 7) is 0. The third-order valence-corrected chi connectivity index (χ3v) is 12.7. The van der Waals surface area contributed by atoms with Crippen LogP contribution in [0, 0.1) is 0 Å². The summed E-state index contributed by atoms with van der Waals surface area (Å²) < 4.78 is 2.20. The molecule has 12 aromatic rings. The second-order valence-corrected chi connectivity index (χ2v) is 16.6. The van der Waals surface area contributed by atoms with E-state index in [1.807, 2.05) is 36.9 Å². The predicted octanol–water partition coefficient (Wildman–Crippen LogP) is 15.9. The van der Waals surface area contributed by atoms with E-state index in [0.29, 0.717) is 5.02 Å². The molecule has 5 heteroatoms. The first kappa shape index (κ1) is 37.6. The summed E-state index contributed by atoms with van der Waals surface area (Å²) in [6.07, 6.45) is 11.1. The maximum absolute atomic E-state index is 6.51. The summed E-state index contributed by atoms with van der Waals surface area (Å²) in [5.41, 5.74) is 16.8. The molecule has 0 fully saturated rings. The number of nitrogens with zero attached hydrogens (tertiary/aromatic N) is 4. The van der Waals surface area contributed by atoms with Crippen LogP contribution in [-0.2, 0) is 0 Å². The lowest BCUT2D eigenvalue weighted by Crippen LogP contribution is -1.95. The Hall–Kier alpha value is -8.18. The number of fused-ring (bicyclic) bond motifs is 5. The van der Waals surface area contributed by atoms with Gasteiger partial charge in [0.1, 0.15) is 0 Å². The molecule has 0 aliphatic carbocycles. The van der Waals surface area contributed by atoms with Crippen LogP contribution >= 0.6 is 11.6 Å². The summed E-state index contributed by atoms with van der Waals surface area (Å²) >= 11 is 6.51. The minimum absolute atomic E-state index is 0.574. The Balaban J connectivity index is 1.02. The van der Waals surface area contributed by atoms with Crippen molar-refractivity contribution < 1.29 is 0 Å². The highest BCUT2D eigenvalue weighted by atomic mass is 35.5. The Morgan fingerprint density at radius 3 is 1.47 bits per heavy atom. The average molecular weight is 837 g/mol. The molecule has 0 atom stereocenters. The normalized spacial score (nSPS) is 11.5. The minimum Gasteiger partial charge on any atom is -0.306 e. The summed E-state index contributed by atoms with van der Waals surface area (Å²) in [7, 11) is 0. The van der Waals surface area contributed by atoms with Crippen LogP contribution in [0.15, 0.2) is 225 Å². The van der Waals surface area contributed by atoms with E-state index >= 15 is 0 Å². The zero-order valence-electron chi connectivity index (χ0n) is 34.5. The van der Waals surface area contributed by atoms with Crippen molar-refractivity contribution in [3.05, 3.63) is 230 Å². The van der Waals surface area contributed by atoms with Crippen LogP contribution in [-0.4, -0.2) is 19.5 Å². The van der Waals surface area contributed by atoms with Crippen molar-refractivity contribution in [3.8, 4) is 72.4 Å². The highest BCUT2D eigenvalue weighted by molar-refractivity contribution is 6.30. The van der Waals surface area contributed by atoms with E-state index in [0.717, 1.165) is 49.7 Å². The Morgan fingerprint density at radius 1 is 0.328 bits per heavy atom. The fourth-order valence-electron chi connectivity index (χ4n) is 9.63. The molecule has 4 nitrogen and oxygen atoms in total. The van der Waals surface area contributed by atoms with Crippen molar-refractivity contribution in [2.75, 3.05) is 0 Å². The Bertz CT molecular complexity index is 3600. The quantitative estimate of drug-likeness (QED) is 0.150. The molecular weight excluding hydrogens is 800 g/mol. The molecule has 12 rings (SSSR count). The molecule has 0 bridgehead atoms. The molecule has 64 heavy (non-hydrogen) atoms. The van der Waals surface area contributed by atoms with Gasteiger partial charge in [-0.3, -0.25) is 15.0 Å². The Labute approximate surface area is 375 Å². The molecule has 4 heterocycles. The predicted molar refractivity (Wildman–Crippen MR) is 267 cm³/mol. The molecular formula is C59H37ClN4. The summed E-state index contributed by atoms with van der Waals surface area (Å²) in [5, 5.41) is 7.66. The van der Waals surface area contributed by atoms with Gasteiger partial charge < -0.3 is 4.57 Å². The maximum Gasteiger partial charge on any atom is 0.0731 e. The van der Waals surface area contributed by atoms with Crippen LogP contribution in [0.25, 0.3) is 116 Å². The average Bonchev–Trinajstić information content (AvgIpc) is 3.70. The van der Waals surface area contributed by atoms with E-state index in [1.165, 1.54) is 66.1 Å². The molecule has 0 unspecified atom stereocenters. The molecule has 0 N–H and O–H groups in total. The molecule has 0 saturated heterocycles. The van der Waals surface area contributed by atoms with Crippen molar-refractivity contribution >= 4 is 55.0 Å². The van der Waals surface area contributed by atoms with Gasteiger partial charge in [-0.05, 0) is 120 Å². The first-order valence-electron chi connectivity index (χ1n) is 21.4. The number of benzene rings is 8. The molecule has 0 spiro atoms. The van der Waals surface area contributed by atoms with Gasteiger partial charge in [-0.25, -0.2) is 0 Å². The highest BCUT2D eigenvalue weighted by Gasteiger charge is 2.20. The zero-order chi connectivity index (χ0) is 42.6. The third-order valence-electron chi connectivity index (χ3n) is 12.5. The molecule has 300 valence electrons. The van der Waals surface area contributed by atoms with Crippen molar-refractivity contribution in [2.45, 2.75) is 0 Å². The van der Waals surface area contributed by atoms with Crippen molar-refractivity contribution in [2.24, 2.45) is 0 Å². The van der Waals surface area contributed by atoms with Crippen LogP contribution in [0.5, 0.6) is 0 Å². The first-order chi connectivity index (χ1) is 31.7. The minimum atomic E-state index is 0.574. The topological polar surface area (TPSA) is 43.6 Å². The van der Waals surface area contributed by atoms with Crippen molar-refractivity contribution in [3.63, 3.8) is 0 Å². The summed E-state index contributed by atoms with van der Waals surface area (Å²) in [5.74, 6) is 0. The fourth-order valence-corrected chi connectivity index (χ4v) is 9.80. The van der Waals surface area contributed by atoms with Gasteiger partial charge >= 0.3 is 0 Å². The molecule has 4 aromatic heterocycles. The lowest BCUT2D eigenvalue weighted by molar-refractivity contribution is 1.13. The number of halogens is 1. The number of pyridine rings is 3. The maximum atomic E-state index is 6.51. The second kappa shape index (κ2) is 15.6.